The van der Waals surface area contributed by atoms with Gasteiger partial charge in [0.15, 0.2) is 0 Å². The van der Waals surface area contributed by atoms with Crippen molar-refractivity contribution in [2.24, 2.45) is 4.99 Å². The van der Waals surface area contributed by atoms with Gasteiger partial charge in [-0.25, -0.2) is 9.79 Å². The van der Waals surface area contributed by atoms with Crippen molar-refractivity contribution < 1.29 is 24.6 Å². The van der Waals surface area contributed by atoms with E-state index >= 15 is 0 Å². The first-order valence-corrected chi connectivity index (χ1v) is 10.8. The number of hydrogen-bond donors (Lipinski definition) is 5. The van der Waals surface area contributed by atoms with Crippen LogP contribution in [0.2, 0.25) is 0 Å². The van der Waals surface area contributed by atoms with E-state index in [2.05, 4.69) is 25.3 Å². The van der Waals surface area contributed by atoms with E-state index in [1.165, 1.54) is 6.34 Å². The fourth-order valence-electron chi connectivity index (χ4n) is 3.39. The first-order chi connectivity index (χ1) is 16.6. The predicted molar refractivity (Wildman–Crippen MR) is 128 cm³/mol. The van der Waals surface area contributed by atoms with Gasteiger partial charge in [0.25, 0.3) is 11.5 Å². The Kier molecular flexibility index (Phi) is 7.97. The molecule has 0 spiro atoms. The van der Waals surface area contributed by atoms with Crippen molar-refractivity contribution in [3.8, 4) is 0 Å². The van der Waals surface area contributed by atoms with Crippen LogP contribution < -0.4 is 10.9 Å². The number of carbonyl (C=O) groups is 3. The Hall–Kier alpha value is -4.48. The Morgan fingerprint density at radius 2 is 1.89 bits per heavy atom. The molecule has 0 saturated heterocycles. The van der Waals surface area contributed by atoms with Crippen molar-refractivity contribution in [2.75, 3.05) is 14.1 Å². The number of nitrogens with zero attached hydrogens (tertiary/aromatic N) is 3. The number of fused-ring (bicyclic) bond motifs is 1. The number of aromatic nitrogens is 3. The van der Waals surface area contributed by atoms with Crippen LogP contribution in [0.3, 0.4) is 0 Å². The minimum Gasteiger partial charge on any atom is -0.481 e. The highest BCUT2D eigenvalue weighted by Gasteiger charge is 2.21. The number of carbonyl (C=O) groups excluding carboxylic acids is 1. The lowest BCUT2D eigenvalue weighted by molar-refractivity contribution is -0.140. The fraction of sp³-hybridized carbons (Fsp3) is 0.304. The van der Waals surface area contributed by atoms with Crippen molar-refractivity contribution >= 4 is 41.2 Å². The van der Waals surface area contributed by atoms with Crippen molar-refractivity contribution in [1.29, 1.82) is 0 Å². The lowest BCUT2D eigenvalue weighted by Crippen LogP contribution is -2.41. The van der Waals surface area contributed by atoms with Gasteiger partial charge in [-0.15, -0.1) is 0 Å². The van der Waals surface area contributed by atoms with E-state index in [1.54, 1.807) is 49.5 Å². The molecule has 0 fully saturated rings. The molecule has 0 unspecified atom stereocenters. The van der Waals surface area contributed by atoms with Crippen LogP contribution in [0.5, 0.6) is 0 Å². The maximum absolute atomic E-state index is 12.6. The van der Waals surface area contributed by atoms with E-state index in [4.69, 9.17) is 5.11 Å². The summed E-state index contributed by atoms with van der Waals surface area (Å²) in [5, 5.41) is 20.7. The van der Waals surface area contributed by atoms with Gasteiger partial charge in [-0.1, -0.05) is 12.1 Å². The Balaban J connectivity index is 1.65. The molecule has 5 N–H and O–H groups in total. The number of nitrogens with one attached hydrogen (secondary N) is 3. The molecule has 184 valence electrons. The number of carboxylic acid groups (broad SMARTS) is 2. The van der Waals surface area contributed by atoms with Gasteiger partial charge < -0.3 is 25.4 Å². The molecule has 1 amide bonds. The smallest absolute Gasteiger partial charge is 0.326 e. The third kappa shape index (κ3) is 6.76. The van der Waals surface area contributed by atoms with Crippen LogP contribution in [0.1, 0.15) is 34.3 Å². The first-order valence-electron chi connectivity index (χ1n) is 10.8. The molecule has 3 aromatic rings. The molecule has 12 heteroatoms. The van der Waals surface area contributed by atoms with Crippen LogP contribution in [0.4, 0.5) is 5.95 Å². The maximum Gasteiger partial charge on any atom is 0.326 e. The number of aliphatic carboxylic acids is 2. The zero-order chi connectivity index (χ0) is 25.5. The van der Waals surface area contributed by atoms with Gasteiger partial charge >= 0.3 is 11.9 Å². The summed E-state index contributed by atoms with van der Waals surface area (Å²) in [6, 6.07) is 5.33. The quantitative estimate of drug-likeness (QED) is 0.200. The molecule has 0 bridgehead atoms. The van der Waals surface area contributed by atoms with Crippen LogP contribution in [0.15, 0.2) is 40.2 Å². The summed E-state index contributed by atoms with van der Waals surface area (Å²) in [5.74, 6) is -2.83. The van der Waals surface area contributed by atoms with Gasteiger partial charge in [0.1, 0.15) is 11.7 Å². The van der Waals surface area contributed by atoms with Gasteiger partial charge in [0.2, 0.25) is 5.95 Å². The minimum atomic E-state index is -1.30. The van der Waals surface area contributed by atoms with E-state index in [9.17, 15) is 24.3 Å². The van der Waals surface area contributed by atoms with E-state index < -0.39 is 23.9 Å². The second kappa shape index (κ2) is 11.1. The molecule has 0 radical (unpaired) electrons. The third-order valence-corrected chi connectivity index (χ3v) is 5.17. The first kappa shape index (κ1) is 25.1. The maximum atomic E-state index is 12.6. The van der Waals surface area contributed by atoms with Gasteiger partial charge in [0, 0.05) is 32.3 Å². The van der Waals surface area contributed by atoms with Crippen LogP contribution in [0, 0.1) is 0 Å². The van der Waals surface area contributed by atoms with E-state index in [0.29, 0.717) is 23.9 Å². The number of benzene rings is 1. The van der Waals surface area contributed by atoms with Crippen molar-refractivity contribution in [2.45, 2.75) is 31.7 Å². The fourth-order valence-corrected chi connectivity index (χ4v) is 3.39. The average Bonchev–Trinajstić information content (AvgIpc) is 3.22. The number of H-pyrrole nitrogens is 2. The Bertz CT molecular complexity index is 1310. The average molecular weight is 482 g/mol. The summed E-state index contributed by atoms with van der Waals surface area (Å²) >= 11 is 0. The summed E-state index contributed by atoms with van der Waals surface area (Å²) in [4.78, 5) is 62.7. The highest BCUT2D eigenvalue weighted by atomic mass is 16.4. The molecule has 1 aromatic carbocycles. The Morgan fingerprint density at radius 3 is 2.51 bits per heavy atom. The van der Waals surface area contributed by atoms with Crippen LogP contribution >= 0.6 is 0 Å². The Morgan fingerprint density at radius 1 is 1.17 bits per heavy atom. The van der Waals surface area contributed by atoms with Crippen LogP contribution in [-0.2, 0) is 22.4 Å². The number of hydrogen-bond acceptors (Lipinski definition) is 6. The molecule has 0 aliphatic rings. The number of carboxylic acids is 2. The molecule has 3 rings (SSSR count). The van der Waals surface area contributed by atoms with Crippen molar-refractivity contribution in [3.05, 3.63) is 57.5 Å². The molecule has 0 saturated carbocycles. The third-order valence-electron chi connectivity index (χ3n) is 5.17. The number of aromatic amines is 2. The lowest BCUT2D eigenvalue weighted by atomic mass is 10.0. The van der Waals surface area contributed by atoms with Crippen molar-refractivity contribution in [1.82, 2.24) is 25.2 Å². The van der Waals surface area contributed by atoms with Gasteiger partial charge in [0.05, 0.1) is 11.7 Å². The largest absolute Gasteiger partial charge is 0.481 e. The summed E-state index contributed by atoms with van der Waals surface area (Å²) in [6.45, 7) is 0. The molecule has 0 aliphatic heterocycles. The second-order valence-corrected chi connectivity index (χ2v) is 8.13. The molecule has 2 heterocycles. The number of aryl methyl sites for hydroxylation is 2. The lowest BCUT2D eigenvalue weighted by Gasteiger charge is -2.13. The zero-order valence-corrected chi connectivity index (χ0v) is 19.2. The molecule has 0 aliphatic carbocycles. The second-order valence-electron chi connectivity index (χ2n) is 8.13. The van der Waals surface area contributed by atoms with Gasteiger partial charge in [-0.2, -0.15) is 4.98 Å². The van der Waals surface area contributed by atoms with Crippen molar-refractivity contribution in [3.63, 3.8) is 0 Å². The minimum absolute atomic E-state index is 0.201. The Labute approximate surface area is 199 Å². The molecular formula is C23H26N6O6. The molecular weight excluding hydrogens is 456 g/mol. The number of amides is 1. The standard InChI is InChI=1S/C23H26N6O6/c1-29(2)12-25-23-27-19-18(21(33)28-23)15(11-24-19)8-5-13-3-6-14(7-4-13)20(32)26-16(22(34)35)9-10-17(30)31/h3-4,6-7,11-12,16H,5,8-10H2,1-2H3,(H,26,32)(H,30,31)(H,34,35)(H2,24,27,28,33)/b25-12-/t16-/m0/s1. The van der Waals surface area contributed by atoms with Gasteiger partial charge in [-0.3, -0.25) is 19.4 Å². The molecule has 12 nitrogen and oxygen atoms in total. The topological polar surface area (TPSA) is 181 Å². The highest BCUT2D eigenvalue weighted by Crippen LogP contribution is 2.17. The van der Waals surface area contributed by atoms with Crippen LogP contribution in [-0.4, -0.2) is 74.4 Å². The molecule has 35 heavy (non-hydrogen) atoms. The number of aliphatic imine (C=N–C) groups is 1. The zero-order valence-electron chi connectivity index (χ0n) is 19.2. The predicted octanol–water partition coefficient (Wildman–Crippen LogP) is 1.31. The summed E-state index contributed by atoms with van der Waals surface area (Å²) in [7, 11) is 3.61. The summed E-state index contributed by atoms with van der Waals surface area (Å²) in [5.41, 5.74) is 2.11. The summed E-state index contributed by atoms with van der Waals surface area (Å²) < 4.78 is 0. The number of rotatable bonds is 11. The van der Waals surface area contributed by atoms with E-state index in [0.717, 1.165) is 11.1 Å². The summed E-state index contributed by atoms with van der Waals surface area (Å²) in [6.07, 6.45) is 3.83. The normalized spacial score (nSPS) is 12.1. The van der Waals surface area contributed by atoms with E-state index in [-0.39, 0.29) is 29.9 Å². The molecule has 1 atom stereocenters. The SMILES string of the molecule is CN(C)/C=N\c1nc2[nH]cc(CCc3ccc(C(=O)N[C@@H](CCC(=O)O)C(=O)O)cc3)c2c(=O)[nH]1. The van der Waals surface area contributed by atoms with Gasteiger partial charge in [-0.05, 0) is 42.5 Å². The monoisotopic (exact) mass is 482 g/mol. The van der Waals surface area contributed by atoms with Crippen LogP contribution in [0.25, 0.3) is 11.0 Å². The molecule has 2 aromatic heterocycles. The highest BCUT2D eigenvalue weighted by molar-refractivity contribution is 5.96. The van der Waals surface area contributed by atoms with E-state index in [1.807, 2.05) is 0 Å².